The summed E-state index contributed by atoms with van der Waals surface area (Å²) in [5.41, 5.74) is 0. The number of hydrogen-bond donors (Lipinski definition) is 0. The first-order valence-electron chi connectivity index (χ1n) is 4.16. The Morgan fingerprint density at radius 3 is 1.77 bits per heavy atom. The van der Waals surface area contributed by atoms with Crippen molar-refractivity contribution in [2.24, 2.45) is 0 Å². The number of hydrogen-bond acceptors (Lipinski definition) is 0. The van der Waals surface area contributed by atoms with Gasteiger partial charge in [-0.1, -0.05) is 126 Å². The lowest BCUT2D eigenvalue weighted by Crippen LogP contribution is -2.31. The van der Waals surface area contributed by atoms with Crippen molar-refractivity contribution in [3.05, 3.63) is 0 Å². The van der Waals surface area contributed by atoms with Gasteiger partial charge < -0.3 is 0 Å². The molecule has 0 spiro atoms. The van der Waals surface area contributed by atoms with Crippen molar-refractivity contribution in [3.8, 4) is 0 Å². The molecule has 4 atom stereocenters. The first kappa shape index (κ1) is 16.6. The highest BCUT2D eigenvalue weighted by Crippen LogP contribution is 2.32. The van der Waals surface area contributed by atoms with Crippen molar-refractivity contribution in [2.45, 2.75) is 35.5 Å². The van der Waals surface area contributed by atoms with Crippen LogP contribution in [0.4, 0.5) is 0 Å². The largest absolute Gasteiger partial charge is 0.0852 e. The van der Waals surface area contributed by atoms with Gasteiger partial charge in [0.25, 0.3) is 0 Å². The summed E-state index contributed by atoms with van der Waals surface area (Å²) in [6, 6.07) is 0. The van der Waals surface area contributed by atoms with Gasteiger partial charge in [-0.15, -0.1) is 0 Å². The first-order valence-corrected chi connectivity index (χ1v) is 10.7. The standard InChI is InChI=1S/C8H13I5/c1-2-3-5(10)7(12)8(13)6(11)4-9/h5-8H,2-4H2,1H3/t5-,6?,7?,8?/m1/s1. The van der Waals surface area contributed by atoms with E-state index < -0.39 is 0 Å². The second kappa shape index (κ2) is 9.66. The Balaban J connectivity index is 3.99. The molecule has 0 saturated heterocycles. The summed E-state index contributed by atoms with van der Waals surface area (Å²) in [5.74, 6) is 0. The zero-order valence-corrected chi connectivity index (χ0v) is 18.1. The number of halogens is 5. The molecule has 5 heteroatoms. The molecule has 0 aliphatic rings. The smallest absolute Gasteiger partial charge is 0.0363 e. The zero-order chi connectivity index (χ0) is 10.4. The van der Waals surface area contributed by atoms with E-state index in [1.165, 1.54) is 17.3 Å². The molecule has 80 valence electrons. The molecule has 0 rings (SSSR count). The SMILES string of the molecule is CCC[C@@H](I)C(I)C(I)C(I)CI. The molecule has 0 aromatic carbocycles. The molecule has 0 amide bonds. The summed E-state index contributed by atoms with van der Waals surface area (Å²) in [6.45, 7) is 2.27. The van der Waals surface area contributed by atoms with Crippen LogP contribution in [0.1, 0.15) is 19.8 Å². The van der Waals surface area contributed by atoms with Crippen molar-refractivity contribution in [3.63, 3.8) is 0 Å². The molecular weight excluding hydrogens is 731 g/mol. The third-order valence-corrected chi connectivity index (χ3v) is 14.4. The summed E-state index contributed by atoms with van der Waals surface area (Å²) in [5, 5.41) is 0. The molecule has 0 radical (unpaired) electrons. The lowest BCUT2D eigenvalue weighted by molar-refractivity contribution is 0.723. The maximum atomic E-state index is 2.63. The van der Waals surface area contributed by atoms with E-state index in [2.05, 4.69) is 120 Å². The van der Waals surface area contributed by atoms with Crippen LogP contribution in [-0.4, -0.2) is 20.1 Å². The van der Waals surface area contributed by atoms with Crippen molar-refractivity contribution in [2.75, 3.05) is 4.43 Å². The van der Waals surface area contributed by atoms with E-state index in [4.69, 9.17) is 0 Å². The molecular formula is C8H13I5. The fourth-order valence-electron chi connectivity index (χ4n) is 0.919. The van der Waals surface area contributed by atoms with Gasteiger partial charge in [-0.25, -0.2) is 0 Å². The molecule has 0 aliphatic heterocycles. The van der Waals surface area contributed by atoms with Gasteiger partial charge in [0, 0.05) is 20.1 Å². The molecule has 0 nitrogen and oxygen atoms in total. The van der Waals surface area contributed by atoms with Crippen LogP contribution in [0.15, 0.2) is 0 Å². The first-order chi connectivity index (χ1) is 6.04. The maximum Gasteiger partial charge on any atom is 0.0363 e. The van der Waals surface area contributed by atoms with Gasteiger partial charge in [-0.05, 0) is 6.42 Å². The molecule has 0 fully saturated rings. The highest BCUT2D eigenvalue weighted by Gasteiger charge is 2.27. The van der Waals surface area contributed by atoms with E-state index in [1.807, 2.05) is 0 Å². The number of rotatable bonds is 6. The van der Waals surface area contributed by atoms with E-state index in [0.717, 1.165) is 15.7 Å². The summed E-state index contributed by atoms with van der Waals surface area (Å²) in [6.07, 6.45) is 2.67. The lowest BCUT2D eigenvalue weighted by atomic mass is 10.1. The summed E-state index contributed by atoms with van der Waals surface area (Å²) in [7, 11) is 0. The molecule has 0 N–H and O–H groups in total. The molecule has 0 heterocycles. The zero-order valence-electron chi connectivity index (χ0n) is 7.32. The van der Waals surface area contributed by atoms with Crippen LogP contribution < -0.4 is 0 Å². The Morgan fingerprint density at radius 1 is 0.923 bits per heavy atom. The van der Waals surface area contributed by atoms with Crippen LogP contribution in [-0.2, 0) is 0 Å². The van der Waals surface area contributed by atoms with E-state index in [-0.39, 0.29) is 0 Å². The lowest BCUT2D eigenvalue weighted by Gasteiger charge is -2.24. The van der Waals surface area contributed by atoms with Gasteiger partial charge >= 0.3 is 0 Å². The van der Waals surface area contributed by atoms with Gasteiger partial charge in [0.05, 0.1) is 0 Å². The average Bonchev–Trinajstić information content (AvgIpc) is 2.14. The van der Waals surface area contributed by atoms with E-state index in [1.54, 1.807) is 0 Å². The Hall–Kier alpha value is 3.65. The van der Waals surface area contributed by atoms with E-state index >= 15 is 0 Å². The highest BCUT2D eigenvalue weighted by molar-refractivity contribution is 14.1. The Bertz CT molecular complexity index is 130. The fraction of sp³-hybridized carbons (Fsp3) is 1.00. The topological polar surface area (TPSA) is 0 Å². The minimum absolute atomic E-state index is 0.809. The second-order valence-electron chi connectivity index (χ2n) is 2.86. The van der Waals surface area contributed by atoms with Crippen LogP contribution in [0.2, 0.25) is 0 Å². The van der Waals surface area contributed by atoms with Crippen LogP contribution in [0.3, 0.4) is 0 Å². The summed E-state index contributed by atoms with van der Waals surface area (Å²) in [4.78, 5) is 0. The monoisotopic (exact) mass is 744 g/mol. The predicted molar refractivity (Wildman–Crippen MR) is 105 cm³/mol. The van der Waals surface area contributed by atoms with E-state index in [9.17, 15) is 0 Å². The minimum atomic E-state index is 0.809. The summed E-state index contributed by atoms with van der Waals surface area (Å²) >= 11 is 12.9. The molecule has 0 aliphatic carbocycles. The van der Waals surface area contributed by atoms with Crippen molar-refractivity contribution < 1.29 is 0 Å². The Kier molecular flexibility index (Phi) is 12.4. The molecule has 0 bridgehead atoms. The molecule has 0 saturated carbocycles. The van der Waals surface area contributed by atoms with Gasteiger partial charge in [0.15, 0.2) is 0 Å². The molecule has 13 heavy (non-hydrogen) atoms. The normalized spacial score (nSPS) is 20.8. The second-order valence-corrected chi connectivity index (χ2v) is 9.82. The number of alkyl halides is 5. The van der Waals surface area contributed by atoms with Crippen molar-refractivity contribution in [1.82, 2.24) is 0 Å². The predicted octanol–water partition coefficient (Wildman–Crippen LogP) is 5.44. The third-order valence-electron chi connectivity index (χ3n) is 1.71. The molecule has 3 unspecified atom stereocenters. The highest BCUT2D eigenvalue weighted by atomic mass is 127. The van der Waals surface area contributed by atoms with Crippen LogP contribution in [0.5, 0.6) is 0 Å². The van der Waals surface area contributed by atoms with Gasteiger partial charge in [0.2, 0.25) is 0 Å². The Morgan fingerprint density at radius 2 is 1.38 bits per heavy atom. The Labute approximate surface area is 150 Å². The van der Waals surface area contributed by atoms with Crippen LogP contribution in [0, 0.1) is 0 Å². The third kappa shape index (κ3) is 6.84. The van der Waals surface area contributed by atoms with Gasteiger partial charge in [-0.2, -0.15) is 0 Å². The van der Waals surface area contributed by atoms with E-state index in [0.29, 0.717) is 0 Å². The average molecular weight is 744 g/mol. The quantitative estimate of drug-likeness (QED) is 0.252. The minimum Gasteiger partial charge on any atom is -0.0852 e. The van der Waals surface area contributed by atoms with Crippen molar-refractivity contribution >= 4 is 113 Å². The van der Waals surface area contributed by atoms with Gasteiger partial charge in [-0.3, -0.25) is 0 Å². The van der Waals surface area contributed by atoms with Crippen LogP contribution in [0.25, 0.3) is 0 Å². The maximum absolute atomic E-state index is 2.63. The molecule has 0 aromatic rings. The fourth-order valence-corrected chi connectivity index (χ4v) is 7.16. The van der Waals surface area contributed by atoms with Crippen LogP contribution >= 0.6 is 113 Å². The molecule has 0 aromatic heterocycles. The van der Waals surface area contributed by atoms with Crippen molar-refractivity contribution in [1.29, 1.82) is 0 Å². The van der Waals surface area contributed by atoms with Gasteiger partial charge in [0.1, 0.15) is 0 Å². The summed E-state index contributed by atoms with van der Waals surface area (Å²) < 4.78 is 4.54.